The van der Waals surface area contributed by atoms with Crippen LogP contribution in [0.5, 0.6) is 0 Å². The predicted octanol–water partition coefficient (Wildman–Crippen LogP) is 7.45. The Morgan fingerprint density at radius 3 is 1.88 bits per heavy atom. The van der Waals surface area contributed by atoms with Crippen LogP contribution in [0.25, 0.3) is 0 Å². The van der Waals surface area contributed by atoms with Crippen molar-refractivity contribution in [3.05, 3.63) is 32.3 Å². The molecule has 0 saturated heterocycles. The van der Waals surface area contributed by atoms with E-state index in [0.29, 0.717) is 5.41 Å². The molecule has 0 bridgehead atoms. The second-order valence-electron chi connectivity index (χ2n) is 8.43. The molecule has 0 heterocycles. The summed E-state index contributed by atoms with van der Waals surface area (Å²) in [6.45, 7) is 7.30. The highest BCUT2D eigenvalue weighted by Gasteiger charge is 2.36. The fraction of sp³-hybridized carbons (Fsp3) is 0.739. The lowest BCUT2D eigenvalue weighted by molar-refractivity contribution is 0.372. The van der Waals surface area contributed by atoms with Crippen LogP contribution in [0.4, 0.5) is 0 Å². The van der Waals surface area contributed by atoms with E-state index in [-0.39, 0.29) is 0 Å². The fourth-order valence-electron chi connectivity index (χ4n) is 5.49. The van der Waals surface area contributed by atoms with Crippen LogP contribution in [0.2, 0.25) is 0 Å². The third-order valence-corrected chi connectivity index (χ3v) is 7.51. The molecule has 0 amide bonds. The van der Waals surface area contributed by atoms with Gasteiger partial charge in [0.05, 0.1) is 0 Å². The summed E-state index contributed by atoms with van der Waals surface area (Å²) >= 11 is 4.00. The zero-order chi connectivity index (χ0) is 17.2. The molecule has 1 aromatic rings. The number of fused-ring (bicyclic) bond motifs is 2. The van der Waals surface area contributed by atoms with Crippen molar-refractivity contribution in [2.45, 2.75) is 110 Å². The first-order valence-electron chi connectivity index (χ1n) is 10.5. The van der Waals surface area contributed by atoms with Gasteiger partial charge in [0.15, 0.2) is 0 Å². The molecule has 1 atom stereocenters. The molecule has 0 saturated carbocycles. The molecule has 1 aromatic carbocycles. The van der Waals surface area contributed by atoms with Crippen LogP contribution in [0.1, 0.15) is 106 Å². The molecule has 2 aliphatic rings. The average molecular weight is 391 g/mol. The van der Waals surface area contributed by atoms with Gasteiger partial charge in [-0.1, -0.05) is 68.8 Å². The number of hydrogen-bond acceptors (Lipinski definition) is 0. The first-order valence-corrected chi connectivity index (χ1v) is 11.3. The molecule has 1 unspecified atom stereocenters. The molecule has 0 N–H and O–H groups in total. The summed E-state index contributed by atoms with van der Waals surface area (Å²) in [7, 11) is 0. The highest BCUT2D eigenvalue weighted by Crippen LogP contribution is 2.48. The van der Waals surface area contributed by atoms with Gasteiger partial charge in [-0.3, -0.25) is 0 Å². The van der Waals surface area contributed by atoms with Gasteiger partial charge >= 0.3 is 0 Å². The van der Waals surface area contributed by atoms with E-state index >= 15 is 0 Å². The Bertz CT molecular complexity index is 551. The Morgan fingerprint density at radius 2 is 1.33 bits per heavy atom. The molecule has 3 rings (SSSR count). The summed E-state index contributed by atoms with van der Waals surface area (Å²) in [5.41, 5.74) is 9.11. The molecule has 1 heteroatoms. The minimum Gasteiger partial charge on any atom is -0.0654 e. The zero-order valence-electron chi connectivity index (χ0n) is 16.1. The van der Waals surface area contributed by atoms with Crippen LogP contribution in [-0.2, 0) is 31.1 Å². The fourth-order valence-corrected chi connectivity index (χ4v) is 6.36. The molecule has 0 spiro atoms. The molecule has 24 heavy (non-hydrogen) atoms. The third kappa shape index (κ3) is 3.35. The van der Waals surface area contributed by atoms with Gasteiger partial charge in [0, 0.05) is 4.47 Å². The molecule has 0 fully saturated rings. The van der Waals surface area contributed by atoms with Crippen molar-refractivity contribution in [3.8, 4) is 0 Å². The molecule has 0 aliphatic heterocycles. The smallest absolute Gasteiger partial charge is 0.0245 e. The van der Waals surface area contributed by atoms with E-state index < -0.39 is 0 Å². The van der Waals surface area contributed by atoms with Gasteiger partial charge in [-0.2, -0.15) is 0 Å². The molecule has 2 aliphatic carbocycles. The van der Waals surface area contributed by atoms with E-state index in [1.807, 2.05) is 5.56 Å². The Labute approximate surface area is 157 Å². The van der Waals surface area contributed by atoms with Crippen LogP contribution in [0, 0.1) is 0 Å². The molecular weight excluding hydrogens is 356 g/mol. The van der Waals surface area contributed by atoms with Gasteiger partial charge in [0.1, 0.15) is 0 Å². The molecule has 0 aromatic heterocycles. The monoisotopic (exact) mass is 390 g/mol. The minimum atomic E-state index is 0.409. The van der Waals surface area contributed by atoms with Crippen molar-refractivity contribution < 1.29 is 0 Å². The largest absolute Gasteiger partial charge is 0.0654 e. The van der Waals surface area contributed by atoms with E-state index in [1.165, 1.54) is 87.9 Å². The number of halogens is 1. The van der Waals surface area contributed by atoms with Gasteiger partial charge in [0.2, 0.25) is 0 Å². The quantitative estimate of drug-likeness (QED) is 0.404. The van der Waals surface area contributed by atoms with Crippen LogP contribution in [0.15, 0.2) is 4.47 Å². The van der Waals surface area contributed by atoms with E-state index in [2.05, 4.69) is 36.7 Å². The number of unbranched alkanes of at least 4 members (excludes halogenated alkanes) is 3. The zero-order valence-corrected chi connectivity index (χ0v) is 17.7. The number of rotatable bonds is 8. The van der Waals surface area contributed by atoms with Crippen LogP contribution >= 0.6 is 15.9 Å². The lowest BCUT2D eigenvalue weighted by atomic mass is 9.70. The summed E-state index contributed by atoms with van der Waals surface area (Å²) in [5.74, 6) is 0. The second-order valence-corrected chi connectivity index (χ2v) is 9.22. The molecule has 134 valence electrons. The maximum absolute atomic E-state index is 4.00. The predicted molar refractivity (Wildman–Crippen MR) is 109 cm³/mol. The molecule has 0 radical (unpaired) electrons. The second kappa shape index (κ2) is 7.94. The van der Waals surface area contributed by atoms with E-state index in [4.69, 9.17) is 0 Å². The Morgan fingerprint density at radius 1 is 0.750 bits per heavy atom. The third-order valence-electron chi connectivity index (χ3n) is 6.56. The van der Waals surface area contributed by atoms with Gasteiger partial charge in [0.25, 0.3) is 0 Å². The first-order chi connectivity index (χ1) is 11.6. The van der Waals surface area contributed by atoms with E-state index in [1.54, 1.807) is 22.3 Å². The summed E-state index contributed by atoms with van der Waals surface area (Å²) in [5, 5.41) is 0. The molecule has 0 nitrogen and oxygen atoms in total. The van der Waals surface area contributed by atoms with Crippen molar-refractivity contribution in [3.63, 3.8) is 0 Å². The highest BCUT2D eigenvalue weighted by atomic mass is 79.9. The van der Waals surface area contributed by atoms with Crippen molar-refractivity contribution in [2.24, 2.45) is 0 Å². The van der Waals surface area contributed by atoms with Gasteiger partial charge in [-0.15, -0.1) is 0 Å². The average Bonchev–Trinajstić information content (AvgIpc) is 3.21. The minimum absolute atomic E-state index is 0.409. The Balaban J connectivity index is 2.01. The Kier molecular flexibility index (Phi) is 6.11. The van der Waals surface area contributed by atoms with Gasteiger partial charge in [-0.25, -0.2) is 0 Å². The molecular formula is C23H35Br. The van der Waals surface area contributed by atoms with Crippen molar-refractivity contribution >= 4 is 15.9 Å². The summed E-state index contributed by atoms with van der Waals surface area (Å²) in [6.07, 6.45) is 17.6. The van der Waals surface area contributed by atoms with Crippen molar-refractivity contribution in [2.75, 3.05) is 0 Å². The van der Waals surface area contributed by atoms with Crippen LogP contribution in [-0.4, -0.2) is 0 Å². The maximum Gasteiger partial charge on any atom is 0.0245 e. The summed E-state index contributed by atoms with van der Waals surface area (Å²) in [4.78, 5) is 0. The Hall–Kier alpha value is -0.300. The van der Waals surface area contributed by atoms with Crippen LogP contribution in [0.3, 0.4) is 0 Å². The normalized spacial score (nSPS) is 18.5. The standard InChI is InChI=1S/C23H35Br/c1-4-6-7-8-16-23(3,15-5-2)21-17-11-9-13-19(17)22(24)20-14-10-12-18(20)21/h4-16H2,1-3H3. The maximum atomic E-state index is 4.00. The van der Waals surface area contributed by atoms with E-state index in [9.17, 15) is 0 Å². The summed E-state index contributed by atoms with van der Waals surface area (Å²) < 4.78 is 1.50. The number of hydrogen-bond donors (Lipinski definition) is 0. The van der Waals surface area contributed by atoms with Crippen molar-refractivity contribution in [1.29, 1.82) is 0 Å². The van der Waals surface area contributed by atoms with Gasteiger partial charge < -0.3 is 0 Å². The lowest BCUT2D eigenvalue weighted by Crippen LogP contribution is -2.26. The van der Waals surface area contributed by atoms with Crippen molar-refractivity contribution in [1.82, 2.24) is 0 Å². The summed E-state index contributed by atoms with van der Waals surface area (Å²) in [6, 6.07) is 0. The first kappa shape index (κ1) is 18.5. The topological polar surface area (TPSA) is 0 Å². The lowest BCUT2D eigenvalue weighted by Gasteiger charge is -2.35. The number of benzene rings is 1. The van der Waals surface area contributed by atoms with E-state index in [0.717, 1.165) is 0 Å². The van der Waals surface area contributed by atoms with Crippen LogP contribution < -0.4 is 0 Å². The van der Waals surface area contributed by atoms with Gasteiger partial charge in [-0.05, 0) is 84.6 Å². The SMILES string of the molecule is CCCCCCC(C)(CCC)c1c2c(c(Br)c3c1CCC3)CCC2. The highest BCUT2D eigenvalue weighted by molar-refractivity contribution is 9.10.